The third-order valence-corrected chi connectivity index (χ3v) is 23.0. The fraction of sp³-hybridized carbons (Fsp3) is 0.0222. The summed E-state index contributed by atoms with van der Waals surface area (Å²) in [4.78, 5) is 7.89. The smallest absolute Gasteiger partial charge is 0.197 e. The Hall–Kier alpha value is -11.8. The number of halogens is 4. The van der Waals surface area contributed by atoms with Gasteiger partial charge in [0.2, 0.25) is 0 Å². The summed E-state index contributed by atoms with van der Waals surface area (Å²) in [5.74, 6) is 0. The molecule has 482 valence electrons. The second-order valence-corrected chi connectivity index (χ2v) is 28.2. The van der Waals surface area contributed by atoms with Crippen LogP contribution in [0, 0.1) is 35.8 Å². The molecule has 0 unspecified atom stereocenters. The molecule has 14 aromatic carbocycles. The standard InChI is InChI=1S/C62H36N6.C14H4Br4N2.C13H10.CH4/c1-64-50-37-62(68-57-32-16-8-24-46(57)47-25-9-17-33-58(47)68)61(67-55-30-14-6-22-44(55)45-23-7-15-31-56(45)67)36-49(50)48-35-60(66-53-28-12-4-20-42(53)43-21-5-13-29-54(43)66)59(34-39(48)38-63)65-51-26-10-2-18-40(51)41-19-3-11-27-52(41)65;1-20-14-5-13(18)12(17)4-9(14)8-3-11(16)10(15)2-7(8)6-19;1-3-7-12-10(5-1)9-11-6-2-4-8-13(11)12;/h2-37H;2-5H;1-8H,9H2;1H4. The van der Waals surface area contributed by atoms with Crippen LogP contribution < -0.4 is 0 Å². The summed E-state index contributed by atoms with van der Waals surface area (Å²) in [6.45, 7) is 16.3. The summed E-state index contributed by atoms with van der Waals surface area (Å²) < 4.78 is 12.6. The van der Waals surface area contributed by atoms with Crippen LogP contribution in [0.3, 0.4) is 0 Å². The molecule has 0 fully saturated rings. The molecular weight excluding hydrogens is 1510 g/mol. The van der Waals surface area contributed by atoms with Crippen LogP contribution in [-0.2, 0) is 6.42 Å². The van der Waals surface area contributed by atoms with Gasteiger partial charge in [0, 0.05) is 61.0 Å². The highest BCUT2D eigenvalue weighted by Gasteiger charge is 2.27. The van der Waals surface area contributed by atoms with E-state index in [9.17, 15) is 10.5 Å². The highest BCUT2D eigenvalue weighted by molar-refractivity contribution is 9.13. The minimum absolute atomic E-state index is 0. The summed E-state index contributed by atoms with van der Waals surface area (Å²) in [5, 5.41) is 29.8. The molecule has 0 saturated carbocycles. The molecule has 0 aliphatic heterocycles. The van der Waals surface area contributed by atoms with Gasteiger partial charge in [-0.15, -0.1) is 0 Å². The van der Waals surface area contributed by atoms with E-state index in [0.29, 0.717) is 33.6 Å². The van der Waals surface area contributed by atoms with Gasteiger partial charge in [-0.1, -0.05) is 217 Å². The van der Waals surface area contributed by atoms with Crippen molar-refractivity contribution in [2.24, 2.45) is 0 Å². The van der Waals surface area contributed by atoms with Gasteiger partial charge in [-0.3, -0.25) is 0 Å². The first-order chi connectivity index (χ1) is 49.6. The zero-order chi connectivity index (χ0) is 68.6. The Morgan fingerprint density at radius 2 is 0.520 bits per heavy atom. The van der Waals surface area contributed by atoms with Crippen LogP contribution in [0.4, 0.5) is 11.4 Å². The minimum atomic E-state index is 0. The molecule has 0 radical (unpaired) electrons. The average molecular weight is 1570 g/mol. The van der Waals surface area contributed by atoms with Crippen molar-refractivity contribution in [1.29, 1.82) is 10.5 Å². The van der Waals surface area contributed by atoms with Crippen molar-refractivity contribution < 1.29 is 0 Å². The Balaban J connectivity index is 0.000000193. The number of nitrogens with zero attached hydrogens (tertiary/aromatic N) is 8. The molecule has 0 bridgehead atoms. The van der Waals surface area contributed by atoms with Gasteiger partial charge in [0.15, 0.2) is 11.4 Å². The third-order valence-electron chi connectivity index (χ3n) is 19.4. The lowest BCUT2D eigenvalue weighted by Crippen LogP contribution is -2.06. The van der Waals surface area contributed by atoms with Crippen LogP contribution in [0.15, 0.2) is 309 Å². The summed E-state index contributed by atoms with van der Waals surface area (Å²) in [5.41, 5.74) is 22.3. The average Bonchev–Trinajstić information content (AvgIpc) is 1.63. The monoisotopic (exact) mass is 1560 g/mol. The molecule has 102 heavy (non-hydrogen) atoms. The van der Waals surface area contributed by atoms with Crippen molar-refractivity contribution in [3.8, 4) is 68.3 Å². The van der Waals surface area contributed by atoms with Crippen molar-refractivity contribution in [2.75, 3.05) is 0 Å². The summed E-state index contributed by atoms with van der Waals surface area (Å²) in [6, 6.07) is 106. The van der Waals surface area contributed by atoms with E-state index in [1.807, 2.05) is 24.3 Å². The van der Waals surface area contributed by atoms with Gasteiger partial charge in [-0.05, 0) is 196 Å². The van der Waals surface area contributed by atoms with Gasteiger partial charge in [0.05, 0.1) is 103 Å². The fourth-order valence-corrected chi connectivity index (χ4v) is 16.4. The van der Waals surface area contributed by atoms with E-state index in [1.165, 1.54) is 22.3 Å². The van der Waals surface area contributed by atoms with E-state index in [4.69, 9.17) is 13.1 Å². The second kappa shape index (κ2) is 26.7. The molecule has 19 rings (SSSR count). The zero-order valence-electron chi connectivity index (χ0n) is 53.5. The summed E-state index contributed by atoms with van der Waals surface area (Å²) in [6.07, 6.45) is 1.10. The van der Waals surface area contributed by atoms with Crippen LogP contribution in [0.25, 0.3) is 153 Å². The molecule has 18 aromatic rings. The quantitative estimate of drug-likeness (QED) is 0.156. The van der Waals surface area contributed by atoms with Gasteiger partial charge in [-0.2, -0.15) is 10.5 Å². The van der Waals surface area contributed by atoms with E-state index in [-0.39, 0.29) is 7.43 Å². The van der Waals surface area contributed by atoms with Crippen molar-refractivity contribution in [3.05, 3.63) is 354 Å². The molecular formula is C90H54Br4N8. The highest BCUT2D eigenvalue weighted by Crippen LogP contribution is 2.48. The van der Waals surface area contributed by atoms with Gasteiger partial charge in [-0.25, -0.2) is 9.69 Å². The number of fused-ring (bicyclic) bond motifs is 15. The lowest BCUT2D eigenvalue weighted by Gasteiger charge is -2.22. The molecule has 0 N–H and O–H groups in total. The van der Waals surface area contributed by atoms with Crippen molar-refractivity contribution in [2.45, 2.75) is 13.8 Å². The molecule has 0 amide bonds. The van der Waals surface area contributed by atoms with Crippen LogP contribution in [0.5, 0.6) is 0 Å². The Morgan fingerprint density at radius 3 is 0.873 bits per heavy atom. The molecule has 12 heteroatoms. The van der Waals surface area contributed by atoms with E-state index in [2.05, 4.69) is 359 Å². The Bertz CT molecular complexity index is 6080. The van der Waals surface area contributed by atoms with E-state index in [1.54, 1.807) is 12.1 Å². The molecule has 0 spiro atoms. The highest BCUT2D eigenvalue weighted by atomic mass is 79.9. The Labute approximate surface area is 622 Å². The first-order valence-corrected chi connectivity index (χ1v) is 35.8. The minimum Gasteiger partial charge on any atom is -0.308 e. The Kier molecular flexibility index (Phi) is 17.0. The lowest BCUT2D eigenvalue weighted by atomic mass is 9.95. The first-order valence-electron chi connectivity index (χ1n) is 32.6. The molecule has 4 aromatic heterocycles. The topological polar surface area (TPSA) is 76.0 Å². The molecule has 8 nitrogen and oxygen atoms in total. The maximum Gasteiger partial charge on any atom is 0.197 e. The second-order valence-electron chi connectivity index (χ2n) is 24.8. The van der Waals surface area contributed by atoms with Crippen LogP contribution in [0.2, 0.25) is 0 Å². The molecule has 4 heterocycles. The molecule has 0 atom stereocenters. The SMILES string of the molecule is C.[C-]#[N+]c1cc(-n2c3ccccc3c3ccccc32)c(-n2c3ccccc3c3ccccc32)cc1-c1cc(-n2c3ccccc3c3ccccc32)c(-n2c3ccccc3c3ccccc32)cc1C#N.[C-]#[N+]c1cc(Br)c(Br)cc1-c1cc(Br)c(Br)cc1C#N.c1ccc2c(c1)Cc1ccccc1-2. The number of para-hydroxylation sites is 8. The van der Waals surface area contributed by atoms with E-state index < -0.39 is 0 Å². The van der Waals surface area contributed by atoms with Gasteiger partial charge in [0.25, 0.3) is 0 Å². The molecule has 1 aliphatic carbocycles. The van der Waals surface area contributed by atoms with Crippen molar-refractivity contribution in [3.63, 3.8) is 0 Å². The van der Waals surface area contributed by atoms with Crippen molar-refractivity contribution in [1.82, 2.24) is 18.3 Å². The maximum atomic E-state index is 11.5. The van der Waals surface area contributed by atoms with Crippen LogP contribution in [0.1, 0.15) is 29.7 Å². The number of hydrogen-bond acceptors (Lipinski definition) is 2. The zero-order valence-corrected chi connectivity index (χ0v) is 59.9. The molecule has 1 aliphatic rings. The third kappa shape index (κ3) is 10.7. The normalized spacial score (nSPS) is 11.4. The van der Waals surface area contributed by atoms with Gasteiger partial charge >= 0.3 is 0 Å². The van der Waals surface area contributed by atoms with E-state index in [0.717, 1.165) is 145 Å². The number of rotatable bonds is 6. The number of aromatic nitrogens is 4. The fourth-order valence-electron chi connectivity index (χ4n) is 15.0. The summed E-state index contributed by atoms with van der Waals surface area (Å²) in [7, 11) is 0. The van der Waals surface area contributed by atoms with Crippen molar-refractivity contribution >= 4 is 162 Å². The predicted molar refractivity (Wildman–Crippen MR) is 435 cm³/mol. The van der Waals surface area contributed by atoms with Crippen LogP contribution >= 0.6 is 63.7 Å². The maximum absolute atomic E-state index is 11.5. The lowest BCUT2D eigenvalue weighted by molar-refractivity contribution is 1.09. The predicted octanol–water partition coefficient (Wildman–Crippen LogP) is 26.9. The van der Waals surface area contributed by atoms with Gasteiger partial charge < -0.3 is 18.3 Å². The number of hydrogen-bond donors (Lipinski definition) is 0. The Morgan fingerprint density at radius 1 is 0.275 bits per heavy atom. The summed E-state index contributed by atoms with van der Waals surface area (Å²) >= 11 is 13.6. The number of nitriles is 2. The number of benzene rings is 14. The van der Waals surface area contributed by atoms with E-state index >= 15 is 0 Å². The first kappa shape index (κ1) is 64.8. The van der Waals surface area contributed by atoms with Crippen LogP contribution in [-0.4, -0.2) is 18.3 Å². The largest absolute Gasteiger partial charge is 0.308 e. The molecule has 0 saturated heterocycles. The van der Waals surface area contributed by atoms with Gasteiger partial charge in [0.1, 0.15) is 0 Å².